The second-order valence-corrected chi connectivity index (χ2v) is 5.83. The average molecular weight is 330 g/mol. The molecule has 0 aromatic heterocycles. The molecule has 0 aliphatic carbocycles. The molecular weight excluding hydrogens is 307 g/mol. The van der Waals surface area contributed by atoms with Crippen LogP contribution in [0.3, 0.4) is 0 Å². The monoisotopic (exact) mass is 330 g/mol. The van der Waals surface area contributed by atoms with Gasteiger partial charge >= 0.3 is 0 Å². The van der Waals surface area contributed by atoms with Crippen LogP contribution >= 0.6 is 0 Å². The fourth-order valence-electron chi connectivity index (χ4n) is 2.25. The SMILES string of the molecule is CC(N)(C(=O)NCCCCOc1ccc(F)cc1)c1ccccc1. The fraction of sp³-hybridized carbons (Fsp3) is 0.316. The Balaban J connectivity index is 1.66. The number of hydrogen-bond donors (Lipinski definition) is 2. The molecule has 0 heterocycles. The van der Waals surface area contributed by atoms with E-state index in [1.165, 1.54) is 12.1 Å². The molecule has 5 heteroatoms. The number of rotatable bonds is 8. The van der Waals surface area contributed by atoms with Gasteiger partial charge in [-0.15, -0.1) is 0 Å². The van der Waals surface area contributed by atoms with Gasteiger partial charge in [-0.3, -0.25) is 4.79 Å². The van der Waals surface area contributed by atoms with Crippen molar-refractivity contribution < 1.29 is 13.9 Å². The van der Waals surface area contributed by atoms with E-state index in [9.17, 15) is 9.18 Å². The Kier molecular flexibility index (Phi) is 6.32. The zero-order chi connectivity index (χ0) is 17.4. The Hall–Kier alpha value is -2.40. The van der Waals surface area contributed by atoms with E-state index in [4.69, 9.17) is 10.5 Å². The van der Waals surface area contributed by atoms with Crippen LogP contribution in [0.15, 0.2) is 54.6 Å². The van der Waals surface area contributed by atoms with Gasteiger partial charge in [-0.2, -0.15) is 0 Å². The summed E-state index contributed by atoms with van der Waals surface area (Å²) in [6, 6.07) is 15.2. The molecule has 0 saturated carbocycles. The summed E-state index contributed by atoms with van der Waals surface area (Å²) in [5.41, 5.74) is 5.87. The highest BCUT2D eigenvalue weighted by atomic mass is 19.1. The molecule has 0 spiro atoms. The summed E-state index contributed by atoms with van der Waals surface area (Å²) in [6.45, 7) is 2.75. The van der Waals surface area contributed by atoms with E-state index < -0.39 is 5.54 Å². The van der Waals surface area contributed by atoms with Crippen LogP contribution in [0.25, 0.3) is 0 Å². The molecule has 1 unspecified atom stereocenters. The maximum absolute atomic E-state index is 12.8. The summed E-state index contributed by atoms with van der Waals surface area (Å²) in [4.78, 5) is 12.2. The number of hydrogen-bond acceptors (Lipinski definition) is 3. The third-order valence-electron chi connectivity index (χ3n) is 3.78. The highest BCUT2D eigenvalue weighted by Crippen LogP contribution is 2.17. The van der Waals surface area contributed by atoms with E-state index in [2.05, 4.69) is 5.32 Å². The van der Waals surface area contributed by atoms with Gasteiger partial charge in [0.15, 0.2) is 0 Å². The second kappa shape index (κ2) is 8.45. The van der Waals surface area contributed by atoms with Crippen LogP contribution in [0.1, 0.15) is 25.3 Å². The van der Waals surface area contributed by atoms with Crippen molar-refractivity contribution >= 4 is 5.91 Å². The lowest BCUT2D eigenvalue weighted by molar-refractivity contribution is -0.126. The minimum atomic E-state index is -1.05. The molecule has 2 aromatic carbocycles. The van der Waals surface area contributed by atoms with Crippen LogP contribution in [0.2, 0.25) is 0 Å². The number of nitrogens with one attached hydrogen (secondary N) is 1. The molecule has 1 atom stereocenters. The van der Waals surface area contributed by atoms with E-state index >= 15 is 0 Å². The quantitative estimate of drug-likeness (QED) is 0.731. The van der Waals surface area contributed by atoms with Crippen molar-refractivity contribution in [1.29, 1.82) is 0 Å². The minimum Gasteiger partial charge on any atom is -0.494 e. The van der Waals surface area contributed by atoms with Crippen molar-refractivity contribution in [3.05, 3.63) is 66.0 Å². The molecule has 2 rings (SSSR count). The summed E-state index contributed by atoms with van der Waals surface area (Å²) < 4.78 is 18.3. The van der Waals surface area contributed by atoms with Crippen molar-refractivity contribution in [2.75, 3.05) is 13.2 Å². The van der Waals surface area contributed by atoms with Crippen molar-refractivity contribution in [2.45, 2.75) is 25.3 Å². The highest BCUT2D eigenvalue weighted by molar-refractivity contribution is 5.86. The van der Waals surface area contributed by atoms with Crippen LogP contribution < -0.4 is 15.8 Å². The molecule has 0 saturated heterocycles. The molecule has 4 nitrogen and oxygen atoms in total. The van der Waals surface area contributed by atoms with Crippen molar-refractivity contribution in [3.8, 4) is 5.75 Å². The number of amides is 1. The first-order valence-electron chi connectivity index (χ1n) is 8.01. The Bertz CT molecular complexity index is 642. The van der Waals surface area contributed by atoms with Crippen molar-refractivity contribution in [3.63, 3.8) is 0 Å². The number of nitrogens with two attached hydrogens (primary N) is 1. The zero-order valence-corrected chi connectivity index (χ0v) is 13.8. The number of halogens is 1. The first kappa shape index (κ1) is 17.9. The minimum absolute atomic E-state index is 0.201. The molecule has 0 aliphatic heterocycles. The van der Waals surface area contributed by atoms with E-state index in [0.717, 1.165) is 18.4 Å². The molecule has 2 aromatic rings. The van der Waals surface area contributed by atoms with Gasteiger partial charge in [-0.1, -0.05) is 30.3 Å². The van der Waals surface area contributed by atoms with Crippen LogP contribution in [0.4, 0.5) is 4.39 Å². The summed E-state index contributed by atoms with van der Waals surface area (Å²) in [5, 5.41) is 2.86. The molecular formula is C19H23FN2O2. The van der Waals surface area contributed by atoms with Crippen LogP contribution in [0, 0.1) is 5.82 Å². The summed E-state index contributed by atoms with van der Waals surface area (Å²) in [6.07, 6.45) is 1.56. The number of carbonyl (C=O) groups excluding carboxylic acids is 1. The van der Waals surface area contributed by atoms with Gasteiger partial charge < -0.3 is 15.8 Å². The first-order valence-corrected chi connectivity index (χ1v) is 8.01. The zero-order valence-electron chi connectivity index (χ0n) is 13.8. The first-order chi connectivity index (χ1) is 11.5. The van der Waals surface area contributed by atoms with Crippen molar-refractivity contribution in [1.82, 2.24) is 5.32 Å². The van der Waals surface area contributed by atoms with E-state index in [1.807, 2.05) is 30.3 Å². The van der Waals surface area contributed by atoms with Crippen LogP contribution in [-0.2, 0) is 10.3 Å². The van der Waals surface area contributed by atoms with Crippen LogP contribution in [-0.4, -0.2) is 19.1 Å². The maximum atomic E-state index is 12.8. The topological polar surface area (TPSA) is 64.4 Å². The standard InChI is InChI=1S/C19H23FN2O2/c1-19(21,15-7-3-2-4-8-15)18(23)22-13-5-6-14-24-17-11-9-16(20)10-12-17/h2-4,7-12H,5-6,13-14,21H2,1H3,(H,22,23). The number of unbranched alkanes of at least 4 members (excludes halogenated alkanes) is 1. The van der Waals surface area contributed by atoms with Gasteiger partial charge in [0, 0.05) is 6.54 Å². The molecule has 0 radical (unpaired) electrons. The number of benzene rings is 2. The van der Waals surface area contributed by atoms with Gasteiger partial charge in [0.05, 0.1) is 6.61 Å². The van der Waals surface area contributed by atoms with Gasteiger partial charge in [-0.25, -0.2) is 4.39 Å². The maximum Gasteiger partial charge on any atom is 0.244 e. The summed E-state index contributed by atoms with van der Waals surface area (Å²) in [5.74, 6) is 0.153. The average Bonchev–Trinajstić information content (AvgIpc) is 2.60. The van der Waals surface area contributed by atoms with Crippen molar-refractivity contribution in [2.24, 2.45) is 5.73 Å². The molecule has 128 valence electrons. The van der Waals surface area contributed by atoms with E-state index in [1.54, 1.807) is 19.1 Å². The fourth-order valence-corrected chi connectivity index (χ4v) is 2.25. The Morgan fingerprint density at radius 2 is 1.79 bits per heavy atom. The molecule has 1 amide bonds. The van der Waals surface area contributed by atoms with Gasteiger partial charge in [-0.05, 0) is 49.6 Å². The lowest BCUT2D eigenvalue weighted by Gasteiger charge is -2.24. The van der Waals surface area contributed by atoms with E-state index in [0.29, 0.717) is 18.9 Å². The molecule has 0 bridgehead atoms. The summed E-state index contributed by atoms with van der Waals surface area (Å²) >= 11 is 0. The molecule has 3 N–H and O–H groups in total. The predicted octanol–water partition coefficient (Wildman–Crippen LogP) is 2.98. The number of ether oxygens (including phenoxy) is 1. The van der Waals surface area contributed by atoms with Crippen LogP contribution in [0.5, 0.6) is 5.75 Å². The normalized spacial score (nSPS) is 13.1. The third kappa shape index (κ3) is 5.06. The van der Waals surface area contributed by atoms with Gasteiger partial charge in [0.2, 0.25) is 5.91 Å². The molecule has 0 aliphatic rings. The Labute approximate surface area is 141 Å². The second-order valence-electron chi connectivity index (χ2n) is 5.83. The lowest BCUT2D eigenvalue weighted by atomic mass is 9.92. The third-order valence-corrected chi connectivity index (χ3v) is 3.78. The summed E-state index contributed by atoms with van der Waals surface area (Å²) in [7, 11) is 0. The number of carbonyl (C=O) groups is 1. The Morgan fingerprint density at radius 3 is 2.46 bits per heavy atom. The smallest absolute Gasteiger partial charge is 0.244 e. The van der Waals surface area contributed by atoms with E-state index in [-0.39, 0.29) is 11.7 Å². The van der Waals surface area contributed by atoms with Gasteiger partial charge in [0.25, 0.3) is 0 Å². The molecule has 24 heavy (non-hydrogen) atoms. The predicted molar refractivity (Wildman–Crippen MR) is 92.1 cm³/mol. The Morgan fingerprint density at radius 1 is 1.12 bits per heavy atom. The van der Waals surface area contributed by atoms with Gasteiger partial charge in [0.1, 0.15) is 17.1 Å². The highest BCUT2D eigenvalue weighted by Gasteiger charge is 2.29. The lowest BCUT2D eigenvalue weighted by Crippen LogP contribution is -2.49. The molecule has 0 fully saturated rings. The largest absolute Gasteiger partial charge is 0.494 e.